The molecule has 2 aliphatic heterocycles. The molecular formula is C21H33N3O2. The lowest BCUT2D eigenvalue weighted by Crippen LogP contribution is -2.47. The summed E-state index contributed by atoms with van der Waals surface area (Å²) in [6.45, 7) is 7.80. The van der Waals surface area contributed by atoms with Crippen molar-refractivity contribution in [2.24, 2.45) is 5.92 Å². The van der Waals surface area contributed by atoms with E-state index in [4.69, 9.17) is 0 Å². The Labute approximate surface area is 157 Å². The maximum atomic E-state index is 12.6. The van der Waals surface area contributed by atoms with Crippen LogP contribution in [0.4, 0.5) is 4.79 Å². The summed E-state index contributed by atoms with van der Waals surface area (Å²) in [5.41, 5.74) is 2.71. The summed E-state index contributed by atoms with van der Waals surface area (Å²) in [6, 6.07) is 8.62. The summed E-state index contributed by atoms with van der Waals surface area (Å²) in [5, 5.41) is 12.3. The molecule has 26 heavy (non-hydrogen) atoms. The highest BCUT2D eigenvalue weighted by molar-refractivity contribution is 5.74. The second-order valence-corrected chi connectivity index (χ2v) is 7.84. The molecule has 5 nitrogen and oxygen atoms in total. The molecule has 2 fully saturated rings. The average molecular weight is 360 g/mol. The van der Waals surface area contributed by atoms with Crippen LogP contribution in [0, 0.1) is 12.8 Å². The number of carbonyl (C=O) groups excluding carboxylic acids is 1. The Balaban J connectivity index is 1.42. The highest BCUT2D eigenvalue weighted by Crippen LogP contribution is 2.28. The predicted octanol–water partition coefficient (Wildman–Crippen LogP) is 2.59. The van der Waals surface area contributed by atoms with Gasteiger partial charge in [-0.25, -0.2) is 4.79 Å². The number of aliphatic hydroxyl groups excluding tert-OH is 1. The monoisotopic (exact) mass is 359 g/mol. The first kappa shape index (κ1) is 19.2. The Morgan fingerprint density at radius 2 is 1.96 bits per heavy atom. The molecule has 0 spiro atoms. The van der Waals surface area contributed by atoms with Crippen LogP contribution in [0.15, 0.2) is 24.3 Å². The van der Waals surface area contributed by atoms with E-state index in [0.29, 0.717) is 25.0 Å². The first-order valence-corrected chi connectivity index (χ1v) is 10.1. The minimum atomic E-state index is 0.0773. The van der Waals surface area contributed by atoms with Gasteiger partial charge in [-0.2, -0.15) is 0 Å². The second-order valence-electron chi connectivity index (χ2n) is 7.84. The van der Waals surface area contributed by atoms with E-state index >= 15 is 0 Å². The second kappa shape index (κ2) is 9.38. The maximum Gasteiger partial charge on any atom is 0.317 e. The van der Waals surface area contributed by atoms with E-state index < -0.39 is 0 Å². The fraction of sp³-hybridized carbons (Fsp3) is 0.667. The third-order valence-corrected chi connectivity index (χ3v) is 6.01. The molecule has 1 atom stereocenters. The van der Waals surface area contributed by atoms with Gasteiger partial charge < -0.3 is 20.2 Å². The largest absolute Gasteiger partial charge is 0.396 e. The van der Waals surface area contributed by atoms with Gasteiger partial charge in [0.25, 0.3) is 0 Å². The van der Waals surface area contributed by atoms with E-state index in [1.165, 1.54) is 11.1 Å². The van der Waals surface area contributed by atoms with Crippen molar-refractivity contribution in [2.75, 3.05) is 45.9 Å². The van der Waals surface area contributed by atoms with Crippen LogP contribution < -0.4 is 5.32 Å². The van der Waals surface area contributed by atoms with Crippen molar-refractivity contribution >= 4 is 6.03 Å². The Kier molecular flexibility index (Phi) is 6.92. The molecule has 2 amide bonds. The van der Waals surface area contributed by atoms with E-state index in [2.05, 4.69) is 41.4 Å². The topological polar surface area (TPSA) is 55.8 Å². The summed E-state index contributed by atoms with van der Waals surface area (Å²) in [4.78, 5) is 16.9. The molecule has 144 valence electrons. The number of amides is 2. The van der Waals surface area contributed by atoms with Crippen molar-refractivity contribution in [3.05, 3.63) is 35.4 Å². The van der Waals surface area contributed by atoms with Crippen molar-refractivity contribution in [3.8, 4) is 0 Å². The molecule has 0 unspecified atom stereocenters. The van der Waals surface area contributed by atoms with Crippen LogP contribution >= 0.6 is 0 Å². The zero-order valence-corrected chi connectivity index (χ0v) is 16.0. The molecule has 0 aromatic heterocycles. The highest BCUT2D eigenvalue weighted by atomic mass is 16.3. The lowest BCUT2D eigenvalue weighted by atomic mass is 9.88. The minimum absolute atomic E-state index is 0.0773. The van der Waals surface area contributed by atoms with Crippen LogP contribution in [0.5, 0.6) is 0 Å². The fourth-order valence-electron chi connectivity index (χ4n) is 4.29. The maximum absolute atomic E-state index is 12.6. The van der Waals surface area contributed by atoms with Gasteiger partial charge in [0.1, 0.15) is 0 Å². The standard InChI is InChI=1S/C21H33N3O2/c1-17-5-2-3-7-20(17)19-6-4-11-24(15-19)21(26)22-10-14-23-12-8-18(16-25)9-13-23/h2-3,5,7,18-19,25H,4,6,8-16H2,1H3,(H,22,26)/t19-/m0/s1. The Hall–Kier alpha value is -1.59. The fourth-order valence-corrected chi connectivity index (χ4v) is 4.29. The number of hydrogen-bond acceptors (Lipinski definition) is 3. The van der Waals surface area contributed by atoms with Gasteiger partial charge in [-0.3, -0.25) is 0 Å². The first-order valence-electron chi connectivity index (χ1n) is 10.1. The Bertz CT molecular complexity index is 584. The molecule has 2 N–H and O–H groups in total. The number of piperidine rings is 2. The van der Waals surface area contributed by atoms with Crippen LogP contribution in [0.3, 0.4) is 0 Å². The number of urea groups is 1. The van der Waals surface area contributed by atoms with Gasteiger partial charge in [0.2, 0.25) is 0 Å². The van der Waals surface area contributed by atoms with Gasteiger partial charge >= 0.3 is 6.03 Å². The minimum Gasteiger partial charge on any atom is -0.396 e. The molecule has 0 radical (unpaired) electrons. The van der Waals surface area contributed by atoms with Gasteiger partial charge in [0.05, 0.1) is 0 Å². The number of aryl methyl sites for hydroxylation is 1. The van der Waals surface area contributed by atoms with Crippen molar-refractivity contribution in [2.45, 2.75) is 38.5 Å². The molecule has 0 aliphatic carbocycles. The number of hydrogen-bond donors (Lipinski definition) is 2. The van der Waals surface area contributed by atoms with Gasteiger partial charge in [-0.15, -0.1) is 0 Å². The molecule has 2 heterocycles. The molecule has 1 aromatic rings. The third kappa shape index (κ3) is 4.98. The normalized spacial score (nSPS) is 22.4. The predicted molar refractivity (Wildman–Crippen MR) is 104 cm³/mol. The number of rotatable bonds is 5. The van der Waals surface area contributed by atoms with Crippen molar-refractivity contribution < 1.29 is 9.90 Å². The van der Waals surface area contributed by atoms with E-state index in [-0.39, 0.29) is 6.03 Å². The Morgan fingerprint density at radius 1 is 1.19 bits per heavy atom. The number of benzene rings is 1. The van der Waals surface area contributed by atoms with E-state index in [1.54, 1.807) is 0 Å². The van der Waals surface area contributed by atoms with Gasteiger partial charge in [0.15, 0.2) is 0 Å². The summed E-state index contributed by atoms with van der Waals surface area (Å²) >= 11 is 0. The van der Waals surface area contributed by atoms with Crippen molar-refractivity contribution in [1.29, 1.82) is 0 Å². The zero-order chi connectivity index (χ0) is 18.4. The molecule has 2 aliphatic rings. The van der Waals surface area contributed by atoms with Crippen LogP contribution in [-0.4, -0.2) is 66.8 Å². The number of carbonyl (C=O) groups is 1. The van der Waals surface area contributed by atoms with Gasteiger partial charge in [-0.05, 0) is 62.7 Å². The molecule has 1 aromatic carbocycles. The number of nitrogens with one attached hydrogen (secondary N) is 1. The summed E-state index contributed by atoms with van der Waals surface area (Å²) in [6.07, 6.45) is 4.36. The summed E-state index contributed by atoms with van der Waals surface area (Å²) in [5.74, 6) is 0.917. The van der Waals surface area contributed by atoms with Gasteiger partial charge in [-0.1, -0.05) is 24.3 Å². The molecule has 2 saturated heterocycles. The smallest absolute Gasteiger partial charge is 0.317 e. The lowest BCUT2D eigenvalue weighted by Gasteiger charge is -2.34. The van der Waals surface area contributed by atoms with Crippen LogP contribution in [0.2, 0.25) is 0 Å². The van der Waals surface area contributed by atoms with E-state index in [0.717, 1.165) is 58.4 Å². The summed E-state index contributed by atoms with van der Waals surface area (Å²) < 4.78 is 0. The molecule has 0 bridgehead atoms. The lowest BCUT2D eigenvalue weighted by molar-refractivity contribution is 0.131. The molecule has 5 heteroatoms. The highest BCUT2D eigenvalue weighted by Gasteiger charge is 2.25. The number of aliphatic hydroxyl groups is 1. The van der Waals surface area contributed by atoms with Gasteiger partial charge in [0, 0.05) is 38.7 Å². The molecule has 3 rings (SSSR count). The first-order chi connectivity index (χ1) is 12.7. The Morgan fingerprint density at radius 3 is 2.69 bits per heavy atom. The van der Waals surface area contributed by atoms with Crippen molar-refractivity contribution in [1.82, 2.24) is 15.1 Å². The van der Waals surface area contributed by atoms with E-state index in [9.17, 15) is 9.90 Å². The number of likely N-dealkylation sites (tertiary alicyclic amines) is 2. The van der Waals surface area contributed by atoms with Crippen LogP contribution in [0.1, 0.15) is 42.7 Å². The molecular weight excluding hydrogens is 326 g/mol. The van der Waals surface area contributed by atoms with E-state index in [1.807, 2.05) is 4.90 Å². The molecule has 0 saturated carbocycles. The average Bonchev–Trinajstić information content (AvgIpc) is 2.69. The SMILES string of the molecule is Cc1ccccc1[C@H]1CCCN(C(=O)NCCN2CCC(CO)CC2)C1. The van der Waals surface area contributed by atoms with Crippen LogP contribution in [0.25, 0.3) is 0 Å². The van der Waals surface area contributed by atoms with Crippen LogP contribution in [-0.2, 0) is 0 Å². The third-order valence-electron chi connectivity index (χ3n) is 6.01. The number of nitrogens with zero attached hydrogens (tertiary/aromatic N) is 2. The zero-order valence-electron chi connectivity index (χ0n) is 16.0. The quantitative estimate of drug-likeness (QED) is 0.850. The summed E-state index contributed by atoms with van der Waals surface area (Å²) in [7, 11) is 0. The van der Waals surface area contributed by atoms with Crippen molar-refractivity contribution in [3.63, 3.8) is 0 Å².